The molecule has 1 aliphatic rings. The first-order valence-corrected chi connectivity index (χ1v) is 10.8. The highest BCUT2D eigenvalue weighted by molar-refractivity contribution is 7.17. The van der Waals surface area contributed by atoms with Crippen LogP contribution in [0.3, 0.4) is 0 Å². The Hall–Kier alpha value is -3.52. The van der Waals surface area contributed by atoms with Crippen LogP contribution in [0, 0.1) is 10.1 Å². The van der Waals surface area contributed by atoms with Crippen molar-refractivity contribution in [3.8, 4) is 11.1 Å². The fraction of sp³-hybridized carbons (Fsp3) is 0.217. The summed E-state index contributed by atoms with van der Waals surface area (Å²) in [6.45, 7) is 1.76. The third-order valence-corrected chi connectivity index (χ3v) is 6.34. The molecule has 2 amide bonds. The minimum absolute atomic E-state index is 0.0336. The Labute approximate surface area is 183 Å². The SMILES string of the molecule is O=C(Cc1ccc(-c2ccccc2)cc1)N1CCN(C(=O)c2ccc([N+](=O)[O-])s2)CC1. The first kappa shape index (κ1) is 20.7. The van der Waals surface area contributed by atoms with Crippen LogP contribution in [0.5, 0.6) is 0 Å². The van der Waals surface area contributed by atoms with Gasteiger partial charge < -0.3 is 9.80 Å². The summed E-state index contributed by atoms with van der Waals surface area (Å²) in [5.41, 5.74) is 3.20. The van der Waals surface area contributed by atoms with Gasteiger partial charge >= 0.3 is 5.00 Å². The van der Waals surface area contributed by atoms with Crippen LogP contribution in [0.25, 0.3) is 11.1 Å². The number of amides is 2. The van der Waals surface area contributed by atoms with E-state index in [2.05, 4.69) is 12.1 Å². The second kappa shape index (κ2) is 9.09. The Morgan fingerprint density at radius 3 is 2.06 bits per heavy atom. The van der Waals surface area contributed by atoms with Crippen LogP contribution in [-0.4, -0.2) is 52.7 Å². The van der Waals surface area contributed by atoms with Crippen LogP contribution in [-0.2, 0) is 11.2 Å². The van der Waals surface area contributed by atoms with Gasteiger partial charge in [-0.05, 0) is 22.8 Å². The number of carbonyl (C=O) groups is 2. The van der Waals surface area contributed by atoms with E-state index in [0.717, 1.165) is 28.0 Å². The average molecular weight is 436 g/mol. The number of piperazine rings is 1. The minimum atomic E-state index is -0.496. The van der Waals surface area contributed by atoms with Crippen molar-refractivity contribution in [3.05, 3.63) is 87.3 Å². The van der Waals surface area contributed by atoms with Gasteiger partial charge in [-0.25, -0.2) is 0 Å². The maximum atomic E-state index is 12.7. The molecule has 0 unspecified atom stereocenters. The summed E-state index contributed by atoms with van der Waals surface area (Å²) in [7, 11) is 0. The second-order valence-corrected chi connectivity index (χ2v) is 8.37. The van der Waals surface area contributed by atoms with Gasteiger partial charge in [0.1, 0.15) is 0 Å². The lowest BCUT2D eigenvalue weighted by Gasteiger charge is -2.34. The molecule has 2 heterocycles. The molecule has 3 aromatic rings. The molecule has 0 saturated carbocycles. The quantitative estimate of drug-likeness (QED) is 0.450. The zero-order valence-corrected chi connectivity index (χ0v) is 17.6. The molecule has 0 atom stereocenters. The monoisotopic (exact) mass is 435 g/mol. The maximum Gasteiger partial charge on any atom is 0.324 e. The van der Waals surface area contributed by atoms with Crippen molar-refractivity contribution in [2.24, 2.45) is 0 Å². The molecule has 4 rings (SSSR count). The highest BCUT2D eigenvalue weighted by atomic mass is 32.1. The molecule has 1 fully saturated rings. The summed E-state index contributed by atoms with van der Waals surface area (Å²) >= 11 is 0.880. The summed E-state index contributed by atoms with van der Waals surface area (Å²) in [5.74, 6) is -0.187. The molecule has 0 radical (unpaired) electrons. The molecule has 0 bridgehead atoms. The lowest BCUT2D eigenvalue weighted by atomic mass is 10.0. The topological polar surface area (TPSA) is 83.8 Å². The molecule has 0 N–H and O–H groups in total. The van der Waals surface area contributed by atoms with Gasteiger partial charge in [0.2, 0.25) is 5.91 Å². The molecular weight excluding hydrogens is 414 g/mol. The number of nitrogens with zero attached hydrogens (tertiary/aromatic N) is 3. The van der Waals surface area contributed by atoms with Crippen LogP contribution in [0.2, 0.25) is 0 Å². The van der Waals surface area contributed by atoms with Gasteiger partial charge in [0, 0.05) is 32.2 Å². The Balaban J connectivity index is 1.31. The van der Waals surface area contributed by atoms with Gasteiger partial charge in [0.15, 0.2) is 0 Å². The normalized spacial score (nSPS) is 13.8. The third kappa shape index (κ3) is 4.80. The van der Waals surface area contributed by atoms with E-state index in [4.69, 9.17) is 0 Å². The highest BCUT2D eigenvalue weighted by Gasteiger charge is 2.26. The van der Waals surface area contributed by atoms with E-state index in [1.807, 2.05) is 42.5 Å². The van der Waals surface area contributed by atoms with Gasteiger partial charge in [0.25, 0.3) is 5.91 Å². The van der Waals surface area contributed by atoms with Crippen molar-refractivity contribution in [2.45, 2.75) is 6.42 Å². The number of hydrogen-bond acceptors (Lipinski definition) is 5. The predicted molar refractivity (Wildman–Crippen MR) is 119 cm³/mol. The summed E-state index contributed by atoms with van der Waals surface area (Å²) in [4.78, 5) is 39.4. The molecule has 1 aliphatic heterocycles. The second-order valence-electron chi connectivity index (χ2n) is 7.31. The molecule has 1 saturated heterocycles. The summed E-state index contributed by atoms with van der Waals surface area (Å²) in [6.07, 6.45) is 0.320. The summed E-state index contributed by atoms with van der Waals surface area (Å²) in [5, 5.41) is 10.8. The van der Waals surface area contributed by atoms with E-state index in [0.29, 0.717) is 37.5 Å². The summed E-state index contributed by atoms with van der Waals surface area (Å²) < 4.78 is 0. The first-order chi connectivity index (χ1) is 15.0. The van der Waals surface area contributed by atoms with E-state index in [-0.39, 0.29) is 16.8 Å². The number of rotatable bonds is 5. The van der Waals surface area contributed by atoms with Crippen molar-refractivity contribution in [3.63, 3.8) is 0 Å². The Morgan fingerprint density at radius 2 is 1.45 bits per heavy atom. The number of hydrogen-bond donors (Lipinski definition) is 0. The fourth-order valence-electron chi connectivity index (χ4n) is 3.59. The predicted octanol–water partition coefficient (Wildman–Crippen LogP) is 3.85. The van der Waals surface area contributed by atoms with E-state index in [1.54, 1.807) is 9.80 Å². The fourth-order valence-corrected chi connectivity index (χ4v) is 4.38. The molecular formula is C23H21N3O4S. The minimum Gasteiger partial charge on any atom is -0.339 e. The number of carbonyl (C=O) groups excluding carboxylic acids is 2. The van der Waals surface area contributed by atoms with Crippen molar-refractivity contribution in [2.75, 3.05) is 26.2 Å². The Kier molecular flexibility index (Phi) is 6.08. The van der Waals surface area contributed by atoms with Crippen molar-refractivity contribution >= 4 is 28.2 Å². The van der Waals surface area contributed by atoms with Crippen LogP contribution >= 0.6 is 11.3 Å². The molecule has 2 aromatic carbocycles. The molecule has 8 heteroatoms. The van der Waals surface area contributed by atoms with E-state index >= 15 is 0 Å². The molecule has 0 spiro atoms. The van der Waals surface area contributed by atoms with E-state index in [1.165, 1.54) is 12.1 Å². The molecule has 0 aliphatic carbocycles. The van der Waals surface area contributed by atoms with Crippen LogP contribution < -0.4 is 0 Å². The average Bonchev–Trinajstić information content (AvgIpc) is 3.30. The standard InChI is InChI=1S/C23H21N3O4S/c27-21(16-17-6-8-19(9-7-17)18-4-2-1-3-5-18)24-12-14-25(15-13-24)23(28)20-10-11-22(31-20)26(29)30/h1-11H,12-16H2. The van der Waals surface area contributed by atoms with Crippen LogP contribution in [0.1, 0.15) is 15.2 Å². The van der Waals surface area contributed by atoms with Crippen molar-refractivity contribution in [1.29, 1.82) is 0 Å². The van der Waals surface area contributed by atoms with Crippen LogP contribution in [0.15, 0.2) is 66.7 Å². The van der Waals surface area contributed by atoms with Gasteiger partial charge in [-0.15, -0.1) is 0 Å². The first-order valence-electron chi connectivity index (χ1n) is 9.97. The van der Waals surface area contributed by atoms with E-state index < -0.39 is 4.92 Å². The molecule has 158 valence electrons. The van der Waals surface area contributed by atoms with Gasteiger partial charge in [0.05, 0.1) is 16.2 Å². The van der Waals surface area contributed by atoms with Gasteiger partial charge in [-0.3, -0.25) is 19.7 Å². The largest absolute Gasteiger partial charge is 0.339 e. The lowest BCUT2D eigenvalue weighted by Crippen LogP contribution is -2.50. The molecule has 7 nitrogen and oxygen atoms in total. The highest BCUT2D eigenvalue weighted by Crippen LogP contribution is 2.25. The number of nitro groups is 1. The number of thiophene rings is 1. The Morgan fingerprint density at radius 1 is 0.839 bits per heavy atom. The van der Waals surface area contributed by atoms with E-state index in [9.17, 15) is 19.7 Å². The maximum absolute atomic E-state index is 12.7. The smallest absolute Gasteiger partial charge is 0.324 e. The molecule has 31 heavy (non-hydrogen) atoms. The van der Waals surface area contributed by atoms with Gasteiger partial charge in [-0.2, -0.15) is 0 Å². The third-order valence-electron chi connectivity index (χ3n) is 5.32. The zero-order chi connectivity index (χ0) is 21.8. The lowest BCUT2D eigenvalue weighted by molar-refractivity contribution is -0.380. The van der Waals surface area contributed by atoms with Crippen molar-refractivity contribution in [1.82, 2.24) is 9.80 Å². The zero-order valence-electron chi connectivity index (χ0n) is 16.8. The van der Waals surface area contributed by atoms with Gasteiger partial charge in [-0.1, -0.05) is 65.9 Å². The van der Waals surface area contributed by atoms with Crippen molar-refractivity contribution < 1.29 is 14.5 Å². The number of benzene rings is 2. The molecule has 1 aromatic heterocycles. The van der Waals surface area contributed by atoms with Crippen LogP contribution in [0.4, 0.5) is 5.00 Å². The summed E-state index contributed by atoms with van der Waals surface area (Å²) in [6, 6.07) is 20.9. The Bertz CT molecular complexity index is 1090.